The Balaban J connectivity index is 2.33. The van der Waals surface area contributed by atoms with Gasteiger partial charge in [-0.2, -0.15) is 0 Å². The Morgan fingerprint density at radius 1 is 1.24 bits per heavy atom. The van der Waals surface area contributed by atoms with E-state index in [0.29, 0.717) is 12.3 Å². The molecule has 0 heterocycles. The Kier molecular flexibility index (Phi) is 8.29. The predicted octanol–water partition coefficient (Wildman–Crippen LogP) is 6.60. The molecule has 2 aromatic rings. The standard InChI is InChI=1S/C20H26N3O4PS/c1-5-17(4)29-28(26,27-19-13-11-18(12-14-19)23(24)25)22(6-2)15-21-20-10-8-7-9-16(20)3/h7-15,17H,5-6H2,1-4H3. The van der Waals surface area contributed by atoms with E-state index in [-0.39, 0.29) is 10.9 Å². The minimum atomic E-state index is -3.38. The third-order valence-corrected chi connectivity index (χ3v) is 9.39. The van der Waals surface area contributed by atoms with Crippen LogP contribution < -0.4 is 4.52 Å². The first-order valence-electron chi connectivity index (χ1n) is 9.38. The SMILES string of the molecule is CCC(C)SP(=O)(Oc1ccc([N+](=O)[O-])cc1)N(C=Nc1ccccc1C)CC. The fraction of sp³-hybridized carbons (Fsp3) is 0.350. The third-order valence-electron chi connectivity index (χ3n) is 4.24. The van der Waals surface area contributed by atoms with E-state index in [1.165, 1.54) is 35.6 Å². The van der Waals surface area contributed by atoms with E-state index in [9.17, 15) is 14.7 Å². The number of nitrogens with zero attached hydrogens (tertiary/aromatic N) is 3. The highest BCUT2D eigenvalue weighted by Gasteiger charge is 2.34. The molecule has 2 rings (SSSR count). The summed E-state index contributed by atoms with van der Waals surface area (Å²) in [4.78, 5) is 14.9. The summed E-state index contributed by atoms with van der Waals surface area (Å²) in [6, 6.07) is 13.3. The molecule has 7 nitrogen and oxygen atoms in total. The van der Waals surface area contributed by atoms with Crippen molar-refractivity contribution in [2.45, 2.75) is 39.4 Å². The molecule has 0 saturated heterocycles. The number of benzene rings is 2. The van der Waals surface area contributed by atoms with Crippen molar-refractivity contribution in [1.29, 1.82) is 0 Å². The maximum atomic E-state index is 13.8. The van der Waals surface area contributed by atoms with Gasteiger partial charge in [0.15, 0.2) is 0 Å². The Morgan fingerprint density at radius 2 is 1.90 bits per heavy atom. The van der Waals surface area contributed by atoms with Gasteiger partial charge in [-0.05, 0) is 55.4 Å². The first kappa shape index (κ1) is 23.0. The van der Waals surface area contributed by atoms with Crippen LogP contribution >= 0.6 is 18.1 Å². The number of aryl methyl sites for hydroxylation is 1. The van der Waals surface area contributed by atoms with Crippen LogP contribution in [0.3, 0.4) is 0 Å². The van der Waals surface area contributed by atoms with Gasteiger partial charge in [0.2, 0.25) is 0 Å². The Morgan fingerprint density at radius 3 is 2.45 bits per heavy atom. The maximum Gasteiger partial charge on any atom is 0.403 e. The molecule has 0 aliphatic rings. The molecular weight excluding hydrogens is 409 g/mol. The van der Waals surface area contributed by atoms with E-state index in [4.69, 9.17) is 4.52 Å². The largest absolute Gasteiger partial charge is 0.422 e. The maximum absolute atomic E-state index is 13.8. The molecule has 9 heteroatoms. The molecule has 156 valence electrons. The van der Waals surface area contributed by atoms with Gasteiger partial charge in [-0.1, -0.05) is 32.0 Å². The van der Waals surface area contributed by atoms with Gasteiger partial charge in [-0.25, -0.2) is 9.56 Å². The molecule has 0 N–H and O–H groups in total. The Labute approximate surface area is 175 Å². The molecule has 29 heavy (non-hydrogen) atoms. The smallest absolute Gasteiger partial charge is 0.403 e. The van der Waals surface area contributed by atoms with Gasteiger partial charge in [0, 0.05) is 23.9 Å². The first-order chi connectivity index (χ1) is 13.8. The summed E-state index contributed by atoms with van der Waals surface area (Å²) < 4.78 is 21.4. The molecule has 0 aliphatic heterocycles. The molecule has 2 aromatic carbocycles. The van der Waals surface area contributed by atoms with Gasteiger partial charge in [-0.15, -0.1) is 0 Å². The quantitative estimate of drug-likeness (QED) is 0.137. The number of hydrogen-bond acceptors (Lipinski definition) is 6. The van der Waals surface area contributed by atoms with E-state index < -0.39 is 11.6 Å². The zero-order valence-corrected chi connectivity index (χ0v) is 18.7. The van der Waals surface area contributed by atoms with Crippen molar-refractivity contribution >= 4 is 35.8 Å². The summed E-state index contributed by atoms with van der Waals surface area (Å²) >= 11 is 1.26. The third kappa shape index (κ3) is 6.34. The molecule has 0 saturated carbocycles. The Bertz CT molecular complexity index is 905. The lowest BCUT2D eigenvalue weighted by molar-refractivity contribution is -0.384. The molecule has 0 amide bonds. The normalized spacial score (nSPS) is 14.3. The molecule has 0 aromatic heterocycles. The van der Waals surface area contributed by atoms with Crippen molar-refractivity contribution in [1.82, 2.24) is 4.67 Å². The Hall–Kier alpha value is -2.31. The number of nitro benzene ring substituents is 1. The zero-order valence-electron chi connectivity index (χ0n) is 17.0. The highest BCUT2D eigenvalue weighted by atomic mass is 32.7. The highest BCUT2D eigenvalue weighted by Crippen LogP contribution is 2.63. The summed E-state index contributed by atoms with van der Waals surface area (Å²) in [7, 11) is 0. The van der Waals surface area contributed by atoms with Crippen molar-refractivity contribution in [2.24, 2.45) is 4.99 Å². The van der Waals surface area contributed by atoms with Crippen molar-refractivity contribution in [3.63, 3.8) is 0 Å². The number of aliphatic imine (C=N–C) groups is 1. The summed E-state index contributed by atoms with van der Waals surface area (Å²) in [5.41, 5.74) is 1.76. The highest BCUT2D eigenvalue weighted by molar-refractivity contribution is 8.56. The topological polar surface area (TPSA) is 85.0 Å². The summed E-state index contributed by atoms with van der Waals surface area (Å²) in [5, 5.41) is 11.0. The monoisotopic (exact) mass is 435 g/mol. The second-order valence-electron chi connectivity index (χ2n) is 6.42. The first-order valence-corrected chi connectivity index (χ1v) is 12.4. The van der Waals surface area contributed by atoms with Crippen LogP contribution in [-0.2, 0) is 4.57 Å². The number of para-hydroxylation sites is 1. The molecule has 2 unspecified atom stereocenters. The van der Waals surface area contributed by atoms with Gasteiger partial charge in [0.05, 0.1) is 16.9 Å². The van der Waals surface area contributed by atoms with Crippen LogP contribution in [0.1, 0.15) is 32.8 Å². The van der Waals surface area contributed by atoms with Crippen LogP contribution in [0, 0.1) is 17.0 Å². The lowest BCUT2D eigenvalue weighted by Crippen LogP contribution is -2.20. The minimum Gasteiger partial charge on any atom is -0.422 e. The second kappa shape index (κ2) is 10.5. The van der Waals surface area contributed by atoms with Gasteiger partial charge >= 0.3 is 6.72 Å². The van der Waals surface area contributed by atoms with Crippen molar-refractivity contribution in [3.05, 3.63) is 64.2 Å². The van der Waals surface area contributed by atoms with Crippen molar-refractivity contribution in [3.8, 4) is 5.75 Å². The van der Waals surface area contributed by atoms with Crippen LogP contribution in [0.4, 0.5) is 11.4 Å². The van der Waals surface area contributed by atoms with E-state index >= 15 is 0 Å². The van der Waals surface area contributed by atoms with Gasteiger partial charge in [0.25, 0.3) is 5.69 Å². The van der Waals surface area contributed by atoms with Crippen molar-refractivity contribution in [2.75, 3.05) is 6.54 Å². The van der Waals surface area contributed by atoms with Crippen LogP contribution in [0.5, 0.6) is 5.75 Å². The molecule has 0 fully saturated rings. The average molecular weight is 435 g/mol. The average Bonchev–Trinajstić information content (AvgIpc) is 2.69. The van der Waals surface area contributed by atoms with Gasteiger partial charge in [0.1, 0.15) is 5.75 Å². The zero-order chi connectivity index (χ0) is 21.4. The lowest BCUT2D eigenvalue weighted by atomic mass is 10.2. The number of hydrogen-bond donors (Lipinski definition) is 0. The molecule has 0 bridgehead atoms. The number of nitro groups is 1. The molecule has 0 aliphatic carbocycles. The van der Waals surface area contributed by atoms with Gasteiger partial charge < -0.3 is 4.52 Å². The predicted molar refractivity (Wildman–Crippen MR) is 120 cm³/mol. The van der Waals surface area contributed by atoms with Crippen molar-refractivity contribution < 1.29 is 14.0 Å². The van der Waals surface area contributed by atoms with Crippen LogP contribution in [0.2, 0.25) is 0 Å². The molecule has 0 spiro atoms. The molecule has 2 atom stereocenters. The van der Waals surface area contributed by atoms with Crippen LogP contribution in [0.15, 0.2) is 53.5 Å². The van der Waals surface area contributed by atoms with E-state index in [1.54, 1.807) is 11.0 Å². The van der Waals surface area contributed by atoms with Crippen LogP contribution in [0.25, 0.3) is 0 Å². The number of rotatable bonds is 10. The fourth-order valence-electron chi connectivity index (χ4n) is 2.35. The summed E-state index contributed by atoms with van der Waals surface area (Å²) in [6.07, 6.45) is 2.38. The summed E-state index contributed by atoms with van der Waals surface area (Å²) in [6.45, 7) is 4.90. The lowest BCUT2D eigenvalue weighted by Gasteiger charge is -2.29. The van der Waals surface area contributed by atoms with E-state index in [0.717, 1.165) is 17.7 Å². The number of non-ortho nitro benzene ring substituents is 1. The summed E-state index contributed by atoms with van der Waals surface area (Å²) in [5.74, 6) is 0.317. The second-order valence-corrected chi connectivity index (χ2v) is 11.1. The minimum absolute atomic E-state index is 0.0461. The van der Waals surface area contributed by atoms with Crippen LogP contribution in [-0.4, -0.2) is 27.7 Å². The molecule has 0 radical (unpaired) electrons. The van der Waals surface area contributed by atoms with E-state index in [2.05, 4.69) is 4.99 Å². The molecular formula is C20H26N3O4PS. The van der Waals surface area contributed by atoms with E-state index in [1.807, 2.05) is 52.0 Å². The van der Waals surface area contributed by atoms with Gasteiger partial charge in [-0.3, -0.25) is 14.8 Å². The fourth-order valence-corrected chi connectivity index (χ4v) is 7.17.